The van der Waals surface area contributed by atoms with E-state index < -0.39 is 5.97 Å². The summed E-state index contributed by atoms with van der Waals surface area (Å²) in [5.74, 6) is -0.536. The second kappa shape index (κ2) is 5.34. The van der Waals surface area contributed by atoms with Gasteiger partial charge in [-0.15, -0.1) is 0 Å². The first-order valence-corrected chi connectivity index (χ1v) is 5.57. The molecule has 2 heterocycles. The Labute approximate surface area is 110 Å². The predicted octanol–water partition coefficient (Wildman–Crippen LogP) is 2.24. The van der Waals surface area contributed by atoms with Crippen LogP contribution in [0.3, 0.4) is 0 Å². The van der Waals surface area contributed by atoms with Crippen molar-refractivity contribution in [1.29, 1.82) is 0 Å². The summed E-state index contributed by atoms with van der Waals surface area (Å²) in [5.41, 5.74) is 2.00. The van der Waals surface area contributed by atoms with Gasteiger partial charge in [-0.25, -0.2) is 9.78 Å². The Morgan fingerprint density at radius 2 is 2.11 bits per heavy atom. The second-order valence-corrected chi connectivity index (χ2v) is 3.89. The van der Waals surface area contributed by atoms with Gasteiger partial charge in [0.05, 0.1) is 24.7 Å². The van der Waals surface area contributed by atoms with Gasteiger partial charge in [0, 0.05) is 18.0 Å². The normalized spacial score (nSPS) is 10.0. The van der Waals surface area contributed by atoms with Gasteiger partial charge in [-0.2, -0.15) is 0 Å². The van der Waals surface area contributed by atoms with E-state index >= 15 is 0 Å². The highest BCUT2D eigenvalue weighted by Gasteiger charge is 2.11. The third kappa shape index (κ3) is 2.98. The smallest absolute Gasteiger partial charge is 0.339 e. The highest BCUT2D eigenvalue weighted by Crippen LogP contribution is 2.21. The number of hydrogen-bond donors (Lipinski definition) is 2. The molecule has 98 valence electrons. The number of hydrogen-bond acceptors (Lipinski definition) is 5. The molecule has 0 aromatic carbocycles. The van der Waals surface area contributed by atoms with Gasteiger partial charge in [0.25, 0.3) is 0 Å². The minimum atomic E-state index is -1.03. The van der Waals surface area contributed by atoms with Crippen molar-refractivity contribution >= 4 is 17.3 Å². The summed E-state index contributed by atoms with van der Waals surface area (Å²) in [5, 5.41) is 12.1. The maximum absolute atomic E-state index is 11.1. The molecule has 0 saturated carbocycles. The van der Waals surface area contributed by atoms with Crippen LogP contribution in [0.1, 0.15) is 16.1 Å². The molecule has 0 amide bonds. The maximum atomic E-state index is 11.1. The van der Waals surface area contributed by atoms with Crippen molar-refractivity contribution in [2.75, 3.05) is 12.4 Å². The van der Waals surface area contributed by atoms with Crippen molar-refractivity contribution in [1.82, 2.24) is 9.97 Å². The molecule has 6 heteroatoms. The number of rotatable bonds is 4. The lowest BCUT2D eigenvalue weighted by Gasteiger charge is -2.10. The van der Waals surface area contributed by atoms with Crippen LogP contribution < -0.4 is 10.1 Å². The van der Waals surface area contributed by atoms with E-state index in [1.807, 2.05) is 0 Å². The lowest BCUT2D eigenvalue weighted by molar-refractivity contribution is 0.0697. The van der Waals surface area contributed by atoms with Gasteiger partial charge >= 0.3 is 5.97 Å². The number of nitrogens with one attached hydrogen (secondary N) is 1. The molecule has 0 aliphatic carbocycles. The van der Waals surface area contributed by atoms with Gasteiger partial charge in [-0.3, -0.25) is 4.98 Å². The van der Waals surface area contributed by atoms with Crippen LogP contribution in [0, 0.1) is 6.92 Å². The minimum Gasteiger partial charge on any atom is -0.481 e. The van der Waals surface area contributed by atoms with E-state index in [9.17, 15) is 4.79 Å². The van der Waals surface area contributed by atoms with Gasteiger partial charge in [0.2, 0.25) is 5.88 Å². The molecule has 0 atom stereocenters. The summed E-state index contributed by atoms with van der Waals surface area (Å²) in [7, 11) is 1.53. The maximum Gasteiger partial charge on any atom is 0.339 e. The third-order valence-electron chi connectivity index (χ3n) is 2.50. The number of methoxy groups -OCH3 is 1. The first kappa shape index (κ1) is 12.8. The number of nitrogens with zero attached hydrogens (tertiary/aromatic N) is 2. The third-order valence-corrected chi connectivity index (χ3v) is 2.50. The van der Waals surface area contributed by atoms with Crippen LogP contribution in [0.4, 0.5) is 11.4 Å². The van der Waals surface area contributed by atoms with Gasteiger partial charge in [-0.1, -0.05) is 0 Å². The predicted molar refractivity (Wildman–Crippen MR) is 70.0 cm³/mol. The van der Waals surface area contributed by atoms with Crippen molar-refractivity contribution in [2.45, 2.75) is 6.92 Å². The van der Waals surface area contributed by atoms with Crippen molar-refractivity contribution in [3.05, 3.63) is 41.9 Å². The first-order valence-electron chi connectivity index (χ1n) is 5.57. The number of aromatic nitrogens is 2. The van der Waals surface area contributed by atoms with E-state index in [4.69, 9.17) is 9.84 Å². The summed E-state index contributed by atoms with van der Waals surface area (Å²) >= 11 is 0. The second-order valence-electron chi connectivity index (χ2n) is 3.89. The zero-order valence-corrected chi connectivity index (χ0v) is 10.5. The lowest BCUT2D eigenvalue weighted by atomic mass is 10.2. The number of ether oxygens (including phenoxy) is 1. The zero-order valence-electron chi connectivity index (χ0n) is 10.5. The van der Waals surface area contributed by atoms with E-state index in [2.05, 4.69) is 15.3 Å². The Balaban J connectivity index is 2.31. The number of aromatic carboxylic acids is 1. The highest BCUT2D eigenvalue weighted by atomic mass is 16.5. The zero-order chi connectivity index (χ0) is 13.8. The molecule has 0 aliphatic rings. The molecular formula is C13H13N3O3. The van der Waals surface area contributed by atoms with E-state index in [0.717, 1.165) is 5.69 Å². The molecule has 0 unspecified atom stereocenters. The summed E-state index contributed by atoms with van der Waals surface area (Å²) in [6.45, 7) is 1.79. The lowest BCUT2D eigenvalue weighted by Crippen LogP contribution is -2.04. The average molecular weight is 259 g/mol. The Morgan fingerprint density at radius 1 is 1.32 bits per heavy atom. The van der Waals surface area contributed by atoms with Crippen molar-refractivity contribution < 1.29 is 14.6 Å². The number of aryl methyl sites for hydroxylation is 1. The molecule has 6 nitrogen and oxygen atoms in total. The molecule has 2 aromatic heterocycles. The largest absolute Gasteiger partial charge is 0.481 e. The Morgan fingerprint density at radius 3 is 2.68 bits per heavy atom. The topological polar surface area (TPSA) is 84.3 Å². The molecule has 0 spiro atoms. The number of carboxylic acid groups (broad SMARTS) is 1. The molecule has 0 radical (unpaired) electrons. The molecule has 2 rings (SSSR count). The molecule has 19 heavy (non-hydrogen) atoms. The van der Waals surface area contributed by atoms with Crippen molar-refractivity contribution in [3.63, 3.8) is 0 Å². The molecule has 0 aliphatic heterocycles. The standard InChI is InChI=1S/C13H13N3O3/c1-8-5-11(10(7-14-8)13(17)18)16-9-3-4-12(19-2)15-6-9/h3-7H,1-2H3,(H,14,16)(H,17,18). The fraction of sp³-hybridized carbons (Fsp3) is 0.154. The molecule has 2 N–H and O–H groups in total. The average Bonchev–Trinajstić information content (AvgIpc) is 2.39. The number of pyridine rings is 2. The molecule has 0 bridgehead atoms. The number of carbonyl (C=O) groups is 1. The van der Waals surface area contributed by atoms with E-state index in [1.165, 1.54) is 13.3 Å². The van der Waals surface area contributed by atoms with Gasteiger partial charge in [0.1, 0.15) is 5.56 Å². The summed E-state index contributed by atoms with van der Waals surface area (Å²) in [6, 6.07) is 5.12. The molecule has 0 fully saturated rings. The Hall–Kier alpha value is -2.63. The number of carboxylic acids is 1. The van der Waals surface area contributed by atoms with Crippen LogP contribution >= 0.6 is 0 Å². The fourth-order valence-electron chi connectivity index (χ4n) is 1.56. The van der Waals surface area contributed by atoms with Crippen molar-refractivity contribution in [3.8, 4) is 5.88 Å². The van der Waals surface area contributed by atoms with Crippen LogP contribution in [-0.2, 0) is 0 Å². The van der Waals surface area contributed by atoms with E-state index in [-0.39, 0.29) is 5.56 Å². The van der Waals surface area contributed by atoms with E-state index in [1.54, 1.807) is 31.3 Å². The van der Waals surface area contributed by atoms with Crippen LogP contribution in [0.2, 0.25) is 0 Å². The van der Waals surface area contributed by atoms with Gasteiger partial charge in [0.15, 0.2) is 0 Å². The molecular weight excluding hydrogens is 246 g/mol. The summed E-state index contributed by atoms with van der Waals surface area (Å²) in [4.78, 5) is 19.1. The van der Waals surface area contributed by atoms with Crippen LogP contribution in [0.15, 0.2) is 30.6 Å². The van der Waals surface area contributed by atoms with Crippen LogP contribution in [0.5, 0.6) is 5.88 Å². The van der Waals surface area contributed by atoms with Gasteiger partial charge in [-0.05, 0) is 19.1 Å². The van der Waals surface area contributed by atoms with Crippen LogP contribution in [0.25, 0.3) is 0 Å². The SMILES string of the molecule is COc1ccc(Nc2cc(C)ncc2C(=O)O)cn1. The summed E-state index contributed by atoms with van der Waals surface area (Å²) in [6.07, 6.45) is 2.90. The molecule has 0 saturated heterocycles. The van der Waals surface area contributed by atoms with E-state index in [0.29, 0.717) is 17.3 Å². The minimum absolute atomic E-state index is 0.112. The Kier molecular flexibility index (Phi) is 3.61. The summed E-state index contributed by atoms with van der Waals surface area (Å²) < 4.78 is 4.96. The fourth-order valence-corrected chi connectivity index (χ4v) is 1.56. The quantitative estimate of drug-likeness (QED) is 0.875. The van der Waals surface area contributed by atoms with Crippen molar-refractivity contribution in [2.24, 2.45) is 0 Å². The molecule has 2 aromatic rings. The van der Waals surface area contributed by atoms with Gasteiger partial charge < -0.3 is 15.2 Å². The Bertz CT molecular complexity index is 597. The van der Waals surface area contributed by atoms with Crippen LogP contribution in [-0.4, -0.2) is 28.2 Å². The highest BCUT2D eigenvalue weighted by molar-refractivity contribution is 5.94. The number of anilines is 2. The monoisotopic (exact) mass is 259 g/mol. The first-order chi connectivity index (χ1) is 9.10.